The third kappa shape index (κ3) is 4.38. The molecule has 0 aliphatic rings. The summed E-state index contributed by atoms with van der Waals surface area (Å²) in [5, 5.41) is 6.14. The van der Waals surface area contributed by atoms with Gasteiger partial charge in [0.25, 0.3) is 5.91 Å². The highest BCUT2D eigenvalue weighted by Crippen LogP contribution is 2.29. The van der Waals surface area contributed by atoms with Crippen LogP contribution >= 0.6 is 0 Å². The lowest BCUT2D eigenvalue weighted by molar-refractivity contribution is 0.102. The first-order chi connectivity index (χ1) is 11.6. The summed E-state index contributed by atoms with van der Waals surface area (Å²) in [5.74, 6) is 0.874. The molecule has 24 heavy (non-hydrogen) atoms. The lowest BCUT2D eigenvalue weighted by Gasteiger charge is -2.14. The topological polar surface area (TPSA) is 72.5 Å². The number of anilines is 2. The molecule has 0 bridgehead atoms. The van der Waals surface area contributed by atoms with Crippen LogP contribution in [0.2, 0.25) is 0 Å². The molecule has 128 valence electrons. The Hall–Kier alpha value is -2.76. The van der Waals surface area contributed by atoms with Crippen molar-refractivity contribution in [2.75, 3.05) is 24.9 Å². The molecule has 0 fully saturated rings. The van der Waals surface area contributed by atoms with Crippen LogP contribution in [0.1, 0.15) is 30.8 Å². The fraction of sp³-hybridized carbons (Fsp3) is 0.333. The van der Waals surface area contributed by atoms with Crippen LogP contribution in [0.5, 0.6) is 11.5 Å². The van der Waals surface area contributed by atoms with Crippen LogP contribution in [-0.4, -0.2) is 31.2 Å². The SMILES string of the molecule is CCC(C)Nc1ccnc(C(=O)Nc2cc(OC)ccc2OC)c1. The minimum atomic E-state index is -0.311. The fourth-order valence-corrected chi connectivity index (χ4v) is 2.13. The average Bonchev–Trinajstić information content (AvgIpc) is 2.61. The van der Waals surface area contributed by atoms with Crippen molar-refractivity contribution in [1.82, 2.24) is 4.98 Å². The molecule has 0 saturated carbocycles. The third-order valence-electron chi connectivity index (χ3n) is 3.67. The summed E-state index contributed by atoms with van der Waals surface area (Å²) in [5.41, 5.74) is 1.72. The molecule has 0 spiro atoms. The quantitative estimate of drug-likeness (QED) is 0.812. The lowest BCUT2D eigenvalue weighted by atomic mass is 10.2. The Morgan fingerprint density at radius 2 is 2.00 bits per heavy atom. The first-order valence-electron chi connectivity index (χ1n) is 7.83. The van der Waals surface area contributed by atoms with Crippen molar-refractivity contribution in [2.24, 2.45) is 0 Å². The van der Waals surface area contributed by atoms with Crippen molar-refractivity contribution in [3.63, 3.8) is 0 Å². The van der Waals surface area contributed by atoms with E-state index in [9.17, 15) is 4.79 Å². The second kappa shape index (κ2) is 8.19. The van der Waals surface area contributed by atoms with Gasteiger partial charge in [-0.05, 0) is 37.6 Å². The van der Waals surface area contributed by atoms with Gasteiger partial charge in [-0.25, -0.2) is 0 Å². The van der Waals surface area contributed by atoms with E-state index in [1.54, 1.807) is 44.7 Å². The summed E-state index contributed by atoms with van der Waals surface area (Å²) in [6, 6.07) is 9.11. The van der Waals surface area contributed by atoms with Crippen molar-refractivity contribution in [3.05, 3.63) is 42.2 Å². The summed E-state index contributed by atoms with van der Waals surface area (Å²) >= 11 is 0. The Balaban J connectivity index is 2.19. The number of benzene rings is 1. The third-order valence-corrected chi connectivity index (χ3v) is 3.67. The lowest BCUT2D eigenvalue weighted by Crippen LogP contribution is -2.17. The van der Waals surface area contributed by atoms with Crippen molar-refractivity contribution in [2.45, 2.75) is 26.3 Å². The van der Waals surface area contributed by atoms with Gasteiger partial charge in [0.2, 0.25) is 0 Å². The molecule has 0 saturated heterocycles. The number of ether oxygens (including phenoxy) is 2. The normalized spacial score (nSPS) is 11.5. The highest BCUT2D eigenvalue weighted by atomic mass is 16.5. The Bertz CT molecular complexity index is 704. The van der Waals surface area contributed by atoms with E-state index in [-0.39, 0.29) is 5.91 Å². The number of hydrogen-bond acceptors (Lipinski definition) is 5. The Morgan fingerprint density at radius 3 is 2.67 bits per heavy atom. The maximum atomic E-state index is 12.5. The van der Waals surface area contributed by atoms with Crippen LogP contribution in [0.4, 0.5) is 11.4 Å². The van der Waals surface area contributed by atoms with Gasteiger partial charge in [-0.1, -0.05) is 6.92 Å². The Labute approximate surface area is 142 Å². The molecular weight excluding hydrogens is 306 g/mol. The van der Waals surface area contributed by atoms with E-state index < -0.39 is 0 Å². The second-order valence-corrected chi connectivity index (χ2v) is 5.40. The molecule has 1 unspecified atom stereocenters. The van der Waals surface area contributed by atoms with E-state index in [0.717, 1.165) is 12.1 Å². The number of nitrogens with one attached hydrogen (secondary N) is 2. The number of carbonyl (C=O) groups is 1. The molecular formula is C18H23N3O3. The molecule has 0 aliphatic carbocycles. The molecule has 0 radical (unpaired) electrons. The van der Waals surface area contributed by atoms with Gasteiger partial charge in [0.15, 0.2) is 0 Å². The maximum absolute atomic E-state index is 12.5. The molecule has 1 aromatic heterocycles. The van der Waals surface area contributed by atoms with Crippen molar-refractivity contribution in [1.29, 1.82) is 0 Å². The number of carbonyl (C=O) groups excluding carboxylic acids is 1. The number of nitrogens with zero attached hydrogens (tertiary/aromatic N) is 1. The zero-order chi connectivity index (χ0) is 17.5. The number of rotatable bonds is 7. The molecule has 1 atom stereocenters. The first-order valence-corrected chi connectivity index (χ1v) is 7.83. The molecule has 2 rings (SSSR count). The molecule has 1 heterocycles. The standard InChI is InChI=1S/C18H23N3O3/c1-5-12(2)20-13-8-9-19-16(10-13)18(22)21-15-11-14(23-3)6-7-17(15)24-4/h6-12H,5H2,1-4H3,(H,19,20)(H,21,22). The summed E-state index contributed by atoms with van der Waals surface area (Å²) < 4.78 is 10.5. The number of aromatic nitrogens is 1. The van der Waals surface area contributed by atoms with Gasteiger partial charge in [0.1, 0.15) is 17.2 Å². The minimum absolute atomic E-state index is 0.311. The summed E-state index contributed by atoms with van der Waals surface area (Å²) in [6.45, 7) is 4.18. The van der Waals surface area contributed by atoms with Gasteiger partial charge in [-0.15, -0.1) is 0 Å². The van der Waals surface area contributed by atoms with Gasteiger partial charge in [0.05, 0.1) is 19.9 Å². The zero-order valence-corrected chi connectivity index (χ0v) is 14.4. The smallest absolute Gasteiger partial charge is 0.274 e. The zero-order valence-electron chi connectivity index (χ0n) is 14.4. The predicted octanol–water partition coefficient (Wildman–Crippen LogP) is 3.56. The fourth-order valence-electron chi connectivity index (χ4n) is 2.13. The monoisotopic (exact) mass is 329 g/mol. The van der Waals surface area contributed by atoms with E-state index in [4.69, 9.17) is 9.47 Å². The first kappa shape index (κ1) is 17.6. The van der Waals surface area contributed by atoms with Gasteiger partial charge < -0.3 is 20.1 Å². The van der Waals surface area contributed by atoms with Gasteiger partial charge in [-0.2, -0.15) is 0 Å². The molecule has 2 N–H and O–H groups in total. The molecule has 1 amide bonds. The number of amides is 1. The van der Waals surface area contributed by atoms with Crippen molar-refractivity contribution >= 4 is 17.3 Å². The van der Waals surface area contributed by atoms with Crippen molar-refractivity contribution in [3.8, 4) is 11.5 Å². The second-order valence-electron chi connectivity index (χ2n) is 5.40. The van der Waals surface area contributed by atoms with Crippen LogP contribution in [0.15, 0.2) is 36.5 Å². The largest absolute Gasteiger partial charge is 0.497 e. The van der Waals surface area contributed by atoms with E-state index >= 15 is 0 Å². The van der Waals surface area contributed by atoms with Crippen LogP contribution in [-0.2, 0) is 0 Å². The van der Waals surface area contributed by atoms with Gasteiger partial charge in [0, 0.05) is 24.0 Å². The van der Waals surface area contributed by atoms with Crippen LogP contribution < -0.4 is 20.1 Å². The molecule has 1 aromatic carbocycles. The van der Waals surface area contributed by atoms with Crippen LogP contribution in [0.25, 0.3) is 0 Å². The molecule has 2 aromatic rings. The van der Waals surface area contributed by atoms with E-state index in [1.807, 2.05) is 6.07 Å². The predicted molar refractivity (Wildman–Crippen MR) is 95.1 cm³/mol. The van der Waals surface area contributed by atoms with E-state index in [1.165, 1.54) is 0 Å². The Morgan fingerprint density at radius 1 is 1.21 bits per heavy atom. The van der Waals surface area contributed by atoms with E-state index in [2.05, 4.69) is 29.5 Å². The summed E-state index contributed by atoms with van der Waals surface area (Å²) in [7, 11) is 3.12. The highest BCUT2D eigenvalue weighted by Gasteiger charge is 2.13. The van der Waals surface area contributed by atoms with Crippen molar-refractivity contribution < 1.29 is 14.3 Å². The summed E-state index contributed by atoms with van der Waals surface area (Å²) in [4.78, 5) is 16.6. The number of pyridine rings is 1. The van der Waals surface area contributed by atoms with Crippen LogP contribution in [0, 0.1) is 0 Å². The number of hydrogen-bond donors (Lipinski definition) is 2. The minimum Gasteiger partial charge on any atom is -0.497 e. The van der Waals surface area contributed by atoms with E-state index in [0.29, 0.717) is 28.9 Å². The molecule has 6 nitrogen and oxygen atoms in total. The summed E-state index contributed by atoms with van der Waals surface area (Å²) in [6.07, 6.45) is 2.60. The molecule has 6 heteroatoms. The molecule has 0 aliphatic heterocycles. The van der Waals surface area contributed by atoms with Gasteiger partial charge in [-0.3, -0.25) is 9.78 Å². The number of methoxy groups -OCH3 is 2. The maximum Gasteiger partial charge on any atom is 0.274 e. The average molecular weight is 329 g/mol. The van der Waals surface area contributed by atoms with Gasteiger partial charge >= 0.3 is 0 Å². The Kier molecular flexibility index (Phi) is 6.01. The highest BCUT2D eigenvalue weighted by molar-refractivity contribution is 6.04. The van der Waals surface area contributed by atoms with Crippen LogP contribution in [0.3, 0.4) is 0 Å².